The first-order chi connectivity index (χ1) is 11.2. The Kier molecular flexibility index (Phi) is 3.27. The highest BCUT2D eigenvalue weighted by Gasteiger charge is 2.25. The highest BCUT2D eigenvalue weighted by atomic mass is 16.2. The topological polar surface area (TPSA) is 25.2 Å². The smallest absolute Gasteiger partial charge is 0.258 e. The number of carbonyl (C=O) groups excluding carboxylic acids is 1. The molecule has 3 heteroatoms. The molecule has 2 aromatic carbocycles. The van der Waals surface area contributed by atoms with Crippen molar-refractivity contribution < 1.29 is 4.79 Å². The summed E-state index contributed by atoms with van der Waals surface area (Å²) in [6, 6.07) is 21.9. The van der Waals surface area contributed by atoms with Crippen molar-refractivity contribution in [2.45, 2.75) is 20.0 Å². The Morgan fingerprint density at radius 1 is 0.870 bits per heavy atom. The minimum Gasteiger partial charge on any atom is -0.343 e. The molecule has 0 unspecified atom stereocenters. The average Bonchev–Trinajstić information content (AvgIpc) is 2.84. The van der Waals surface area contributed by atoms with Crippen LogP contribution >= 0.6 is 0 Å². The maximum Gasteiger partial charge on any atom is 0.258 e. The number of fused-ring (bicyclic) bond motifs is 2. The molecular weight excluding hydrogens is 284 g/mol. The van der Waals surface area contributed by atoms with Crippen LogP contribution in [0.2, 0.25) is 0 Å². The van der Waals surface area contributed by atoms with E-state index in [0.29, 0.717) is 6.54 Å². The summed E-state index contributed by atoms with van der Waals surface area (Å²) >= 11 is 0. The largest absolute Gasteiger partial charge is 0.343 e. The molecule has 1 amide bonds. The van der Waals surface area contributed by atoms with E-state index in [-0.39, 0.29) is 5.91 Å². The molecule has 0 fully saturated rings. The van der Waals surface area contributed by atoms with Gasteiger partial charge < -0.3 is 9.47 Å². The lowest BCUT2D eigenvalue weighted by atomic mass is 10.1. The molecule has 114 valence electrons. The van der Waals surface area contributed by atoms with Gasteiger partial charge in [-0.2, -0.15) is 0 Å². The molecular formula is C20H18N2O. The number of nitrogens with zero attached hydrogens (tertiary/aromatic N) is 2. The Bertz CT molecular complexity index is 864. The number of benzene rings is 2. The molecule has 2 heterocycles. The Morgan fingerprint density at radius 3 is 2.43 bits per heavy atom. The standard InChI is InChI=1S/C20H18N2O/c1-15-11-12-18-14-22(20(23)16-7-3-2-4-8-16)19-10-6-5-9-17(19)13-21(15)18/h2-12H,13-14H2,1H3. The van der Waals surface area contributed by atoms with E-state index in [9.17, 15) is 4.79 Å². The summed E-state index contributed by atoms with van der Waals surface area (Å²) in [5, 5.41) is 0. The monoisotopic (exact) mass is 302 g/mol. The molecule has 0 saturated heterocycles. The molecule has 0 atom stereocenters. The molecule has 23 heavy (non-hydrogen) atoms. The third-order valence-electron chi connectivity index (χ3n) is 4.49. The Hall–Kier alpha value is -2.81. The predicted molar refractivity (Wildman–Crippen MR) is 91.7 cm³/mol. The first-order valence-corrected chi connectivity index (χ1v) is 7.84. The van der Waals surface area contributed by atoms with Crippen LogP contribution in [-0.2, 0) is 13.1 Å². The Balaban J connectivity index is 1.84. The van der Waals surface area contributed by atoms with Crippen molar-refractivity contribution in [2.75, 3.05) is 4.90 Å². The number of amides is 1. The minimum absolute atomic E-state index is 0.0466. The second-order valence-electron chi connectivity index (χ2n) is 5.94. The molecule has 0 bridgehead atoms. The van der Waals surface area contributed by atoms with Crippen LogP contribution in [0.5, 0.6) is 0 Å². The molecule has 0 radical (unpaired) electrons. The van der Waals surface area contributed by atoms with E-state index in [0.717, 1.165) is 17.8 Å². The van der Waals surface area contributed by atoms with Crippen LogP contribution in [0.25, 0.3) is 0 Å². The third kappa shape index (κ3) is 2.34. The van der Waals surface area contributed by atoms with Gasteiger partial charge in [-0.05, 0) is 42.8 Å². The van der Waals surface area contributed by atoms with Crippen LogP contribution in [-0.4, -0.2) is 10.5 Å². The summed E-state index contributed by atoms with van der Waals surface area (Å²) in [4.78, 5) is 14.9. The van der Waals surface area contributed by atoms with Crippen LogP contribution < -0.4 is 4.90 Å². The minimum atomic E-state index is 0.0466. The maximum absolute atomic E-state index is 13.0. The first-order valence-electron chi connectivity index (χ1n) is 7.84. The lowest BCUT2D eigenvalue weighted by molar-refractivity contribution is 0.0985. The lowest BCUT2D eigenvalue weighted by Crippen LogP contribution is -2.30. The molecule has 4 rings (SSSR count). The number of aryl methyl sites for hydroxylation is 1. The number of hydrogen-bond donors (Lipinski definition) is 0. The summed E-state index contributed by atoms with van der Waals surface area (Å²) in [5.41, 5.74) is 5.30. The molecule has 0 saturated carbocycles. The van der Waals surface area contributed by atoms with E-state index in [1.54, 1.807) is 0 Å². The van der Waals surface area contributed by atoms with Gasteiger partial charge in [0.1, 0.15) is 0 Å². The van der Waals surface area contributed by atoms with Crippen molar-refractivity contribution in [3.05, 3.63) is 89.2 Å². The highest BCUT2D eigenvalue weighted by molar-refractivity contribution is 6.06. The average molecular weight is 302 g/mol. The molecule has 0 aliphatic carbocycles. The van der Waals surface area contributed by atoms with Crippen LogP contribution in [0, 0.1) is 6.92 Å². The van der Waals surface area contributed by atoms with Crippen molar-refractivity contribution in [1.82, 2.24) is 4.57 Å². The van der Waals surface area contributed by atoms with E-state index in [2.05, 4.69) is 29.7 Å². The number of carbonyl (C=O) groups is 1. The van der Waals surface area contributed by atoms with Crippen molar-refractivity contribution >= 4 is 11.6 Å². The zero-order valence-corrected chi connectivity index (χ0v) is 13.1. The van der Waals surface area contributed by atoms with Gasteiger partial charge in [0.2, 0.25) is 0 Å². The van der Waals surface area contributed by atoms with Gasteiger partial charge in [-0.3, -0.25) is 4.79 Å². The third-order valence-corrected chi connectivity index (χ3v) is 4.49. The lowest BCUT2D eigenvalue weighted by Gasteiger charge is -2.22. The molecule has 1 aliphatic rings. The zero-order valence-electron chi connectivity index (χ0n) is 13.1. The Labute approximate surface area is 135 Å². The first kappa shape index (κ1) is 13.8. The SMILES string of the molecule is Cc1ccc2n1Cc1ccccc1N(C(=O)c1ccccc1)C2. The van der Waals surface area contributed by atoms with E-state index in [4.69, 9.17) is 0 Å². The molecule has 0 spiro atoms. The second-order valence-corrected chi connectivity index (χ2v) is 5.94. The summed E-state index contributed by atoms with van der Waals surface area (Å²) in [5.74, 6) is 0.0466. The molecule has 3 aromatic rings. The summed E-state index contributed by atoms with van der Waals surface area (Å²) in [6.45, 7) is 3.52. The van der Waals surface area contributed by atoms with Crippen molar-refractivity contribution in [1.29, 1.82) is 0 Å². The van der Waals surface area contributed by atoms with Gasteiger partial charge in [0, 0.05) is 29.2 Å². The fourth-order valence-corrected chi connectivity index (χ4v) is 3.23. The fourth-order valence-electron chi connectivity index (χ4n) is 3.23. The maximum atomic E-state index is 13.0. The van der Waals surface area contributed by atoms with Gasteiger partial charge >= 0.3 is 0 Å². The number of para-hydroxylation sites is 1. The number of rotatable bonds is 1. The molecule has 0 N–H and O–H groups in total. The van der Waals surface area contributed by atoms with Gasteiger partial charge in [-0.1, -0.05) is 36.4 Å². The number of anilines is 1. The van der Waals surface area contributed by atoms with Gasteiger partial charge in [-0.15, -0.1) is 0 Å². The summed E-state index contributed by atoms with van der Waals surface area (Å²) in [7, 11) is 0. The van der Waals surface area contributed by atoms with Gasteiger partial charge in [0.05, 0.1) is 6.54 Å². The molecule has 3 nitrogen and oxygen atoms in total. The van der Waals surface area contributed by atoms with Crippen molar-refractivity contribution in [3.8, 4) is 0 Å². The van der Waals surface area contributed by atoms with Crippen LogP contribution in [0.3, 0.4) is 0 Å². The highest BCUT2D eigenvalue weighted by Crippen LogP contribution is 2.29. The van der Waals surface area contributed by atoms with E-state index < -0.39 is 0 Å². The van der Waals surface area contributed by atoms with Crippen molar-refractivity contribution in [2.24, 2.45) is 0 Å². The molecule has 1 aliphatic heterocycles. The zero-order chi connectivity index (χ0) is 15.8. The number of hydrogen-bond acceptors (Lipinski definition) is 1. The van der Waals surface area contributed by atoms with Crippen LogP contribution in [0.4, 0.5) is 5.69 Å². The second kappa shape index (κ2) is 5.43. The van der Waals surface area contributed by atoms with Gasteiger partial charge in [0.15, 0.2) is 0 Å². The van der Waals surface area contributed by atoms with Crippen LogP contribution in [0.15, 0.2) is 66.7 Å². The fraction of sp³-hybridized carbons (Fsp3) is 0.150. The summed E-state index contributed by atoms with van der Waals surface area (Å²) in [6.07, 6.45) is 0. The van der Waals surface area contributed by atoms with E-state index >= 15 is 0 Å². The summed E-state index contributed by atoms with van der Waals surface area (Å²) < 4.78 is 2.29. The van der Waals surface area contributed by atoms with E-state index in [1.807, 2.05) is 53.4 Å². The van der Waals surface area contributed by atoms with Crippen LogP contribution in [0.1, 0.15) is 27.3 Å². The quantitative estimate of drug-likeness (QED) is 0.667. The predicted octanol–water partition coefficient (Wildman–Crippen LogP) is 4.01. The van der Waals surface area contributed by atoms with Gasteiger partial charge in [-0.25, -0.2) is 0 Å². The number of aromatic nitrogens is 1. The van der Waals surface area contributed by atoms with Crippen molar-refractivity contribution in [3.63, 3.8) is 0 Å². The Morgan fingerprint density at radius 2 is 1.61 bits per heavy atom. The molecule has 1 aromatic heterocycles. The normalized spacial score (nSPS) is 13.2. The van der Waals surface area contributed by atoms with E-state index in [1.165, 1.54) is 17.0 Å². The van der Waals surface area contributed by atoms with Gasteiger partial charge in [0.25, 0.3) is 5.91 Å².